The number of nitrogens with zero attached hydrogens (tertiary/aromatic N) is 1. The van der Waals surface area contributed by atoms with Gasteiger partial charge >= 0.3 is 5.97 Å². The second-order valence-corrected chi connectivity index (χ2v) is 25.0. The molecule has 0 spiro atoms. The van der Waals surface area contributed by atoms with Crippen molar-refractivity contribution in [3.05, 3.63) is 48.6 Å². The molecule has 0 saturated heterocycles. The average molecular weight is 1100 g/mol. The van der Waals surface area contributed by atoms with E-state index in [1.165, 1.54) is 199 Å². The van der Waals surface area contributed by atoms with Gasteiger partial charge in [-0.25, -0.2) is 0 Å². The third kappa shape index (κ3) is 58.4. The number of phosphoric ester groups is 1. The second-order valence-electron chi connectivity index (χ2n) is 23.6. The van der Waals surface area contributed by atoms with E-state index in [0.717, 1.165) is 83.5 Å². The van der Waals surface area contributed by atoms with Crippen LogP contribution in [0.1, 0.15) is 316 Å². The van der Waals surface area contributed by atoms with Gasteiger partial charge in [0.05, 0.1) is 33.8 Å². The van der Waals surface area contributed by atoms with Crippen LogP contribution in [0.25, 0.3) is 0 Å². The maximum absolute atomic E-state index is 13.5. The number of hydrogen-bond acceptors (Lipinski definition) is 7. The van der Waals surface area contributed by atoms with Crippen LogP contribution in [-0.2, 0) is 27.9 Å². The molecule has 0 aromatic rings. The number of nitrogens with one attached hydrogen (secondary N) is 1. The lowest BCUT2D eigenvalue weighted by molar-refractivity contribution is -0.870. The van der Waals surface area contributed by atoms with E-state index >= 15 is 0 Å². The van der Waals surface area contributed by atoms with E-state index in [0.29, 0.717) is 17.4 Å². The molecule has 0 aliphatic carbocycles. The van der Waals surface area contributed by atoms with Crippen molar-refractivity contribution in [3.63, 3.8) is 0 Å². The Hall–Kier alpha value is -2.03. The molecule has 0 aliphatic rings. The summed E-state index contributed by atoms with van der Waals surface area (Å²) in [4.78, 5) is 40.0. The number of phosphoric acid groups is 1. The summed E-state index contributed by atoms with van der Waals surface area (Å²) in [6.07, 6.45) is 70.8. The molecule has 0 aromatic heterocycles. The molecular formula is C67H127N2O7P. The van der Waals surface area contributed by atoms with Crippen molar-refractivity contribution >= 4 is 19.7 Å². The van der Waals surface area contributed by atoms with Crippen LogP contribution in [0.2, 0.25) is 0 Å². The molecule has 77 heavy (non-hydrogen) atoms. The Morgan fingerprint density at radius 2 is 0.792 bits per heavy atom. The van der Waals surface area contributed by atoms with Crippen molar-refractivity contribution in [1.29, 1.82) is 0 Å². The van der Waals surface area contributed by atoms with Crippen molar-refractivity contribution in [2.45, 2.75) is 328 Å². The van der Waals surface area contributed by atoms with Gasteiger partial charge in [0.1, 0.15) is 19.3 Å². The summed E-state index contributed by atoms with van der Waals surface area (Å²) in [6, 6.07) is -0.891. The molecule has 1 N–H and O–H groups in total. The van der Waals surface area contributed by atoms with E-state index in [9.17, 15) is 19.0 Å². The van der Waals surface area contributed by atoms with Crippen LogP contribution in [0.5, 0.6) is 0 Å². The van der Waals surface area contributed by atoms with E-state index < -0.39 is 20.0 Å². The zero-order valence-electron chi connectivity index (χ0n) is 51.7. The van der Waals surface area contributed by atoms with Gasteiger partial charge in [-0.3, -0.25) is 14.2 Å². The molecular weight excluding hydrogens is 976 g/mol. The molecule has 0 aliphatic heterocycles. The third-order valence-electron chi connectivity index (χ3n) is 14.7. The molecule has 0 saturated carbocycles. The highest BCUT2D eigenvalue weighted by molar-refractivity contribution is 7.45. The van der Waals surface area contributed by atoms with Gasteiger partial charge in [-0.1, -0.05) is 262 Å². The standard InChI is InChI=1S/C67H127N2O7P/c1-7-10-13-16-19-22-25-28-30-32-33-34-35-36-37-38-40-42-45-48-51-54-57-60-67(71)76-65(58-55-52-49-46-43-27-24-21-18-15-12-9-3)64(63-75-77(72,73)74-62-61-69(4,5)6)68-66(70)59-56-53-50-47-44-41-39-31-29-26-23-20-17-14-11-8-2/h19,22,28,30-31,39,55,58,64-65H,7-18,20-21,23-27,29,32-38,40-54,56-57,59-63H2,1-6H3,(H-,68,70,72,73)/b22-19-,30-28-,39-31+,58-55-. The van der Waals surface area contributed by atoms with Crippen LogP contribution >= 0.6 is 7.82 Å². The minimum atomic E-state index is -4.70. The number of allylic oxidation sites excluding steroid dienone is 7. The molecule has 3 atom stereocenters. The lowest BCUT2D eigenvalue weighted by atomic mass is 10.0. The van der Waals surface area contributed by atoms with Crippen LogP contribution in [0.15, 0.2) is 48.6 Å². The first kappa shape index (κ1) is 75.0. The molecule has 0 bridgehead atoms. The number of likely N-dealkylation sites (N-methyl/N-ethyl adjacent to an activating group) is 1. The Morgan fingerprint density at radius 3 is 1.21 bits per heavy atom. The van der Waals surface area contributed by atoms with Gasteiger partial charge in [0.25, 0.3) is 7.82 Å². The maximum Gasteiger partial charge on any atom is 0.306 e. The number of amides is 1. The summed E-state index contributed by atoms with van der Waals surface area (Å²) in [5.41, 5.74) is 0. The van der Waals surface area contributed by atoms with E-state index in [4.69, 9.17) is 13.8 Å². The minimum absolute atomic E-state index is 0.0230. The molecule has 0 radical (unpaired) electrons. The number of carbonyl (C=O) groups excluding carboxylic acids is 2. The van der Waals surface area contributed by atoms with Crippen LogP contribution in [-0.4, -0.2) is 69.4 Å². The van der Waals surface area contributed by atoms with Crippen molar-refractivity contribution in [3.8, 4) is 0 Å². The fourth-order valence-electron chi connectivity index (χ4n) is 9.61. The average Bonchev–Trinajstić information content (AvgIpc) is 3.39. The number of esters is 1. The Bertz CT molecular complexity index is 1460. The quantitative estimate of drug-likeness (QED) is 0.0212. The predicted octanol–water partition coefficient (Wildman–Crippen LogP) is 19.8. The van der Waals surface area contributed by atoms with Crippen molar-refractivity contribution in [2.75, 3.05) is 40.9 Å². The lowest BCUT2D eigenvalue weighted by Gasteiger charge is -2.30. The minimum Gasteiger partial charge on any atom is -0.756 e. The zero-order chi connectivity index (χ0) is 56.4. The number of rotatable bonds is 60. The van der Waals surface area contributed by atoms with Gasteiger partial charge in [-0.2, -0.15) is 0 Å². The van der Waals surface area contributed by atoms with Gasteiger partial charge in [0.15, 0.2) is 0 Å². The molecule has 9 nitrogen and oxygen atoms in total. The van der Waals surface area contributed by atoms with Crippen molar-refractivity contribution < 1.29 is 37.3 Å². The number of ether oxygens (including phenoxy) is 1. The van der Waals surface area contributed by atoms with E-state index in [1.54, 1.807) is 0 Å². The SMILES string of the molecule is CCCCC/C=C\C/C=C\CCCCCCCCCCCCCCCC(=O)OC(/C=C\CCCCCCCCCCCC)C(COP(=O)([O-])OCC[N+](C)(C)C)NC(=O)CCCCCCC/C=C/CCCCCCCCC. The zero-order valence-corrected chi connectivity index (χ0v) is 52.6. The molecule has 3 unspecified atom stereocenters. The lowest BCUT2D eigenvalue weighted by Crippen LogP contribution is -2.47. The largest absolute Gasteiger partial charge is 0.756 e. The fourth-order valence-corrected chi connectivity index (χ4v) is 10.3. The Labute approximate surface area is 478 Å². The smallest absolute Gasteiger partial charge is 0.306 e. The first-order chi connectivity index (χ1) is 37.4. The second kappa shape index (κ2) is 57.2. The molecule has 1 amide bonds. The first-order valence-corrected chi connectivity index (χ1v) is 34.4. The topological polar surface area (TPSA) is 114 Å². The molecule has 452 valence electrons. The van der Waals surface area contributed by atoms with Gasteiger partial charge in [-0.05, 0) is 89.5 Å². The van der Waals surface area contributed by atoms with Crippen LogP contribution in [0, 0.1) is 0 Å². The van der Waals surface area contributed by atoms with Gasteiger partial charge in [-0.15, -0.1) is 0 Å². The normalized spacial score (nSPS) is 13.9. The first-order valence-electron chi connectivity index (χ1n) is 32.9. The van der Waals surface area contributed by atoms with Gasteiger partial charge in [0.2, 0.25) is 5.91 Å². The highest BCUT2D eigenvalue weighted by atomic mass is 31.2. The Morgan fingerprint density at radius 1 is 0.455 bits per heavy atom. The monoisotopic (exact) mass is 1100 g/mol. The summed E-state index contributed by atoms with van der Waals surface area (Å²) in [6.45, 7) is 6.84. The van der Waals surface area contributed by atoms with E-state index in [1.807, 2.05) is 33.3 Å². The van der Waals surface area contributed by atoms with Crippen LogP contribution < -0.4 is 10.2 Å². The number of hydrogen-bond donors (Lipinski definition) is 1. The predicted molar refractivity (Wildman–Crippen MR) is 330 cm³/mol. The fraction of sp³-hybridized carbons (Fsp3) is 0.851. The summed E-state index contributed by atoms with van der Waals surface area (Å²) < 4.78 is 30.4. The molecule has 0 heterocycles. The Kier molecular flexibility index (Phi) is 55.7. The van der Waals surface area contributed by atoms with Gasteiger partial charge in [0, 0.05) is 12.8 Å². The van der Waals surface area contributed by atoms with E-state index in [-0.39, 0.29) is 31.5 Å². The highest BCUT2D eigenvalue weighted by Gasteiger charge is 2.27. The molecule has 0 aromatic carbocycles. The van der Waals surface area contributed by atoms with E-state index in [2.05, 4.69) is 62.5 Å². The summed E-state index contributed by atoms with van der Waals surface area (Å²) in [5, 5.41) is 3.03. The van der Waals surface area contributed by atoms with Gasteiger partial charge < -0.3 is 28.5 Å². The van der Waals surface area contributed by atoms with Crippen molar-refractivity contribution in [2.24, 2.45) is 0 Å². The van der Waals surface area contributed by atoms with Crippen LogP contribution in [0.4, 0.5) is 0 Å². The third-order valence-corrected chi connectivity index (χ3v) is 15.7. The van der Waals surface area contributed by atoms with Crippen molar-refractivity contribution in [1.82, 2.24) is 5.32 Å². The highest BCUT2D eigenvalue weighted by Crippen LogP contribution is 2.38. The number of unbranched alkanes of at least 4 members (excludes halogenated alkanes) is 38. The Balaban J connectivity index is 5.14. The van der Waals surface area contributed by atoms with Crippen LogP contribution in [0.3, 0.4) is 0 Å². The maximum atomic E-state index is 13.5. The molecule has 0 fully saturated rings. The number of quaternary nitrogens is 1. The summed E-state index contributed by atoms with van der Waals surface area (Å²) >= 11 is 0. The summed E-state index contributed by atoms with van der Waals surface area (Å²) in [7, 11) is 1.19. The summed E-state index contributed by atoms with van der Waals surface area (Å²) in [5.74, 6) is -0.541. The molecule has 10 heteroatoms. The number of carbonyl (C=O) groups is 2. The molecule has 0 rings (SSSR count).